The molecule has 1 aromatic rings. The average Bonchev–Trinajstić information content (AvgIpc) is 2.31. The number of ether oxygens (including phenoxy) is 1. The van der Waals surface area contributed by atoms with Gasteiger partial charge in [-0.3, -0.25) is 10.1 Å². The number of nitro groups is 1. The van der Waals surface area contributed by atoms with Gasteiger partial charge in [0.1, 0.15) is 6.04 Å². The number of nitrogens with zero attached hydrogens (tertiary/aromatic N) is 1. The molecule has 0 bridgehead atoms. The summed E-state index contributed by atoms with van der Waals surface area (Å²) < 4.78 is 4.86. The van der Waals surface area contributed by atoms with Crippen LogP contribution in [0.4, 0.5) is 11.4 Å². The summed E-state index contributed by atoms with van der Waals surface area (Å²) in [7, 11) is 0. The number of carbonyl (C=O) groups excluding carboxylic acids is 1. The molecule has 0 saturated carbocycles. The Morgan fingerprint density at radius 1 is 1.56 bits per heavy atom. The van der Waals surface area contributed by atoms with Gasteiger partial charge in [0.05, 0.1) is 11.5 Å². The molecule has 0 spiro atoms. The molecule has 1 N–H and O–H groups in total. The van der Waals surface area contributed by atoms with Crippen LogP contribution in [-0.2, 0) is 9.53 Å². The Balaban J connectivity index is 2.88. The van der Waals surface area contributed by atoms with Gasteiger partial charge in [-0.05, 0) is 26.8 Å². The van der Waals surface area contributed by atoms with Gasteiger partial charge in [-0.1, -0.05) is 6.07 Å². The van der Waals surface area contributed by atoms with Crippen LogP contribution < -0.4 is 5.32 Å². The molecule has 1 aromatic carbocycles. The number of rotatable bonds is 5. The van der Waals surface area contributed by atoms with E-state index in [9.17, 15) is 14.9 Å². The molecule has 1 unspecified atom stereocenters. The molecule has 1 atom stereocenters. The number of esters is 1. The minimum atomic E-state index is -0.550. The number of carbonyl (C=O) groups is 1. The van der Waals surface area contributed by atoms with E-state index >= 15 is 0 Å². The van der Waals surface area contributed by atoms with Crippen LogP contribution in [0.2, 0.25) is 0 Å². The molecule has 6 heteroatoms. The summed E-state index contributed by atoms with van der Waals surface area (Å²) in [6, 6.07) is 4.14. The molecule has 6 nitrogen and oxygen atoms in total. The van der Waals surface area contributed by atoms with Crippen molar-refractivity contribution in [3.8, 4) is 0 Å². The van der Waals surface area contributed by atoms with E-state index in [4.69, 9.17) is 4.74 Å². The molecule has 0 aliphatic rings. The highest BCUT2D eigenvalue weighted by atomic mass is 16.6. The lowest BCUT2D eigenvalue weighted by Gasteiger charge is -2.15. The van der Waals surface area contributed by atoms with E-state index in [2.05, 4.69) is 5.32 Å². The summed E-state index contributed by atoms with van der Waals surface area (Å²) in [6.07, 6.45) is 0. The Kier molecular flexibility index (Phi) is 4.65. The van der Waals surface area contributed by atoms with Crippen molar-refractivity contribution < 1.29 is 14.5 Å². The summed E-state index contributed by atoms with van der Waals surface area (Å²) in [5.74, 6) is -0.386. The SMILES string of the molecule is CCOC(=O)C(C)Nc1cccc([N+](=O)[O-])c1C. The fraction of sp³-hybridized carbons (Fsp3) is 0.417. The van der Waals surface area contributed by atoms with Crippen molar-refractivity contribution in [3.05, 3.63) is 33.9 Å². The van der Waals surface area contributed by atoms with Crippen LogP contribution in [0.5, 0.6) is 0 Å². The quantitative estimate of drug-likeness (QED) is 0.494. The number of nitrogens with one attached hydrogen (secondary N) is 1. The van der Waals surface area contributed by atoms with Gasteiger partial charge in [-0.2, -0.15) is 0 Å². The number of anilines is 1. The van der Waals surface area contributed by atoms with Crippen molar-refractivity contribution in [1.82, 2.24) is 0 Å². The molecule has 18 heavy (non-hydrogen) atoms. The van der Waals surface area contributed by atoms with Crippen LogP contribution in [0.1, 0.15) is 19.4 Å². The van der Waals surface area contributed by atoms with Gasteiger partial charge in [-0.15, -0.1) is 0 Å². The molecule has 1 rings (SSSR count). The third-order valence-corrected chi connectivity index (χ3v) is 2.51. The van der Waals surface area contributed by atoms with Gasteiger partial charge in [0, 0.05) is 17.3 Å². The van der Waals surface area contributed by atoms with E-state index in [0.717, 1.165) is 0 Å². The van der Waals surface area contributed by atoms with Gasteiger partial charge in [0.25, 0.3) is 5.69 Å². The second kappa shape index (κ2) is 6.00. The molecule has 0 saturated heterocycles. The molecule has 0 aliphatic heterocycles. The van der Waals surface area contributed by atoms with E-state index in [0.29, 0.717) is 17.9 Å². The highest BCUT2D eigenvalue weighted by Gasteiger charge is 2.18. The zero-order chi connectivity index (χ0) is 13.7. The molecule has 0 aromatic heterocycles. The maximum Gasteiger partial charge on any atom is 0.328 e. The monoisotopic (exact) mass is 252 g/mol. The van der Waals surface area contributed by atoms with Crippen molar-refractivity contribution in [2.75, 3.05) is 11.9 Å². The Morgan fingerprint density at radius 2 is 2.22 bits per heavy atom. The smallest absolute Gasteiger partial charge is 0.328 e. The summed E-state index contributed by atoms with van der Waals surface area (Å²) in [5, 5.41) is 13.7. The second-order valence-electron chi connectivity index (χ2n) is 3.82. The summed E-state index contributed by atoms with van der Waals surface area (Å²) >= 11 is 0. The van der Waals surface area contributed by atoms with Crippen LogP contribution in [0, 0.1) is 17.0 Å². The first-order chi connectivity index (χ1) is 8.47. The van der Waals surface area contributed by atoms with E-state index in [1.165, 1.54) is 6.07 Å². The molecule has 0 radical (unpaired) electrons. The van der Waals surface area contributed by atoms with Crippen LogP contribution >= 0.6 is 0 Å². The normalized spacial score (nSPS) is 11.7. The van der Waals surface area contributed by atoms with Gasteiger partial charge in [-0.25, -0.2) is 4.79 Å². The molecule has 0 fully saturated rings. The predicted octanol–water partition coefficient (Wildman–Crippen LogP) is 2.27. The van der Waals surface area contributed by atoms with Crippen molar-refractivity contribution in [2.24, 2.45) is 0 Å². The lowest BCUT2D eigenvalue weighted by Crippen LogP contribution is -2.28. The van der Waals surface area contributed by atoms with Crippen molar-refractivity contribution in [2.45, 2.75) is 26.8 Å². The number of nitro benzene ring substituents is 1. The molecule has 0 aliphatic carbocycles. The summed E-state index contributed by atoms with van der Waals surface area (Å²) in [4.78, 5) is 21.8. The van der Waals surface area contributed by atoms with E-state index in [1.54, 1.807) is 32.9 Å². The first kappa shape index (κ1) is 14.0. The number of benzene rings is 1. The van der Waals surface area contributed by atoms with Crippen molar-refractivity contribution in [1.29, 1.82) is 0 Å². The third kappa shape index (κ3) is 3.19. The van der Waals surface area contributed by atoms with Gasteiger partial charge < -0.3 is 10.1 Å². The topological polar surface area (TPSA) is 81.5 Å². The number of hydrogen-bond donors (Lipinski definition) is 1. The lowest BCUT2D eigenvalue weighted by molar-refractivity contribution is -0.385. The standard InChI is InChI=1S/C12H16N2O4/c1-4-18-12(15)9(3)13-10-6-5-7-11(8(10)2)14(16)17/h5-7,9,13H,4H2,1-3H3. The minimum Gasteiger partial charge on any atom is -0.464 e. The average molecular weight is 252 g/mol. The van der Waals surface area contributed by atoms with E-state index in [-0.39, 0.29) is 11.7 Å². The first-order valence-electron chi connectivity index (χ1n) is 5.64. The van der Waals surface area contributed by atoms with Crippen molar-refractivity contribution >= 4 is 17.3 Å². The van der Waals surface area contributed by atoms with Crippen molar-refractivity contribution in [3.63, 3.8) is 0 Å². The predicted molar refractivity (Wildman–Crippen MR) is 67.6 cm³/mol. The van der Waals surface area contributed by atoms with Crippen LogP contribution in [0.3, 0.4) is 0 Å². The third-order valence-electron chi connectivity index (χ3n) is 2.51. The highest BCUT2D eigenvalue weighted by molar-refractivity contribution is 5.79. The molecular formula is C12H16N2O4. The maximum atomic E-state index is 11.5. The Hall–Kier alpha value is -2.11. The van der Waals surface area contributed by atoms with E-state index in [1.807, 2.05) is 0 Å². The summed E-state index contributed by atoms with van der Waals surface area (Å²) in [6.45, 7) is 5.32. The Bertz CT molecular complexity index is 459. The van der Waals surface area contributed by atoms with Crippen LogP contribution in [0.15, 0.2) is 18.2 Å². The van der Waals surface area contributed by atoms with Crippen LogP contribution in [0.25, 0.3) is 0 Å². The minimum absolute atomic E-state index is 0.0241. The number of hydrogen-bond acceptors (Lipinski definition) is 5. The van der Waals surface area contributed by atoms with Gasteiger partial charge in [0.15, 0.2) is 0 Å². The molecule has 0 amide bonds. The first-order valence-corrected chi connectivity index (χ1v) is 5.64. The van der Waals surface area contributed by atoms with E-state index < -0.39 is 11.0 Å². The molecule has 0 heterocycles. The zero-order valence-corrected chi connectivity index (χ0v) is 10.6. The fourth-order valence-corrected chi connectivity index (χ4v) is 1.54. The molecular weight excluding hydrogens is 236 g/mol. The van der Waals surface area contributed by atoms with Gasteiger partial charge in [0.2, 0.25) is 0 Å². The zero-order valence-electron chi connectivity index (χ0n) is 10.6. The second-order valence-corrected chi connectivity index (χ2v) is 3.82. The van der Waals surface area contributed by atoms with Gasteiger partial charge >= 0.3 is 5.97 Å². The van der Waals surface area contributed by atoms with Crippen LogP contribution in [-0.4, -0.2) is 23.5 Å². The largest absolute Gasteiger partial charge is 0.464 e. The molecule has 98 valence electrons. The Morgan fingerprint density at radius 3 is 2.78 bits per heavy atom. The summed E-state index contributed by atoms with van der Waals surface area (Å²) in [5.41, 5.74) is 1.08. The maximum absolute atomic E-state index is 11.5. The highest BCUT2D eigenvalue weighted by Crippen LogP contribution is 2.25. The fourth-order valence-electron chi connectivity index (χ4n) is 1.54. The lowest BCUT2D eigenvalue weighted by atomic mass is 10.1. The Labute approximate surface area is 105 Å².